The number of nitrogens with zero attached hydrogens (tertiary/aromatic N) is 1. The van der Waals surface area contributed by atoms with Crippen LogP contribution in [0.3, 0.4) is 0 Å². The smallest absolute Gasteiger partial charge is 0.253 e. The minimum Gasteiger partial charge on any atom is -0.381 e. The van der Waals surface area contributed by atoms with E-state index in [1.165, 1.54) is 5.56 Å². The average molecular weight is 297 g/mol. The SMILES string of the molecule is Cl.O=C(c1cccc(C2CCOC2)c1)N1CCNCC1. The van der Waals surface area contributed by atoms with Crippen molar-refractivity contribution in [3.8, 4) is 0 Å². The molecule has 0 aromatic heterocycles. The fourth-order valence-corrected chi connectivity index (χ4v) is 2.77. The van der Waals surface area contributed by atoms with Crippen LogP contribution in [-0.2, 0) is 4.74 Å². The summed E-state index contributed by atoms with van der Waals surface area (Å²) in [4.78, 5) is 14.4. The van der Waals surface area contributed by atoms with Gasteiger partial charge in [-0.1, -0.05) is 12.1 Å². The summed E-state index contributed by atoms with van der Waals surface area (Å²) >= 11 is 0. The van der Waals surface area contributed by atoms with E-state index in [0.29, 0.717) is 5.92 Å². The first-order valence-corrected chi connectivity index (χ1v) is 7.02. The molecule has 3 rings (SSSR count). The van der Waals surface area contributed by atoms with E-state index in [4.69, 9.17) is 4.74 Å². The third-order valence-corrected chi connectivity index (χ3v) is 3.94. The fraction of sp³-hybridized carbons (Fsp3) is 0.533. The molecule has 5 heteroatoms. The normalized spacial score (nSPS) is 22.4. The molecular formula is C15H21ClN2O2. The van der Waals surface area contributed by atoms with E-state index in [-0.39, 0.29) is 18.3 Å². The number of nitrogens with one attached hydrogen (secondary N) is 1. The zero-order chi connectivity index (χ0) is 13.1. The van der Waals surface area contributed by atoms with Crippen molar-refractivity contribution in [1.82, 2.24) is 10.2 Å². The molecule has 20 heavy (non-hydrogen) atoms. The van der Waals surface area contributed by atoms with Gasteiger partial charge in [0.1, 0.15) is 0 Å². The Hall–Kier alpha value is -1.10. The van der Waals surface area contributed by atoms with Gasteiger partial charge in [-0.05, 0) is 24.1 Å². The molecule has 2 heterocycles. The average Bonchev–Trinajstić information content (AvgIpc) is 3.02. The van der Waals surface area contributed by atoms with Gasteiger partial charge in [-0.15, -0.1) is 12.4 Å². The van der Waals surface area contributed by atoms with Gasteiger partial charge < -0.3 is 15.0 Å². The van der Waals surface area contributed by atoms with Crippen molar-refractivity contribution in [2.75, 3.05) is 39.4 Å². The Kier molecular flexibility index (Phi) is 5.40. The lowest BCUT2D eigenvalue weighted by Gasteiger charge is -2.27. The van der Waals surface area contributed by atoms with Gasteiger partial charge in [0, 0.05) is 44.3 Å². The van der Waals surface area contributed by atoms with Crippen LogP contribution in [0.15, 0.2) is 24.3 Å². The van der Waals surface area contributed by atoms with Crippen LogP contribution < -0.4 is 5.32 Å². The number of ether oxygens (including phenoxy) is 1. The summed E-state index contributed by atoms with van der Waals surface area (Å²) in [6.45, 7) is 5.00. The zero-order valence-corrected chi connectivity index (χ0v) is 12.3. The first-order chi connectivity index (χ1) is 9.34. The maximum absolute atomic E-state index is 12.4. The maximum Gasteiger partial charge on any atom is 0.253 e. The first kappa shape index (κ1) is 15.3. The van der Waals surface area contributed by atoms with Gasteiger partial charge in [-0.2, -0.15) is 0 Å². The second kappa shape index (κ2) is 7.07. The minimum absolute atomic E-state index is 0. The molecule has 2 aliphatic rings. The van der Waals surface area contributed by atoms with Gasteiger partial charge >= 0.3 is 0 Å². The standard InChI is InChI=1S/C15H20N2O2.ClH/c18-15(17-7-5-16-6-8-17)13-3-1-2-12(10-13)14-4-9-19-11-14;/h1-3,10,14,16H,4-9,11H2;1H. The zero-order valence-electron chi connectivity index (χ0n) is 11.5. The molecular weight excluding hydrogens is 276 g/mol. The van der Waals surface area contributed by atoms with Crippen molar-refractivity contribution in [3.63, 3.8) is 0 Å². The van der Waals surface area contributed by atoms with Crippen molar-refractivity contribution in [1.29, 1.82) is 0 Å². The number of amides is 1. The summed E-state index contributed by atoms with van der Waals surface area (Å²) in [6.07, 6.45) is 1.06. The highest BCUT2D eigenvalue weighted by Crippen LogP contribution is 2.26. The molecule has 110 valence electrons. The summed E-state index contributed by atoms with van der Waals surface area (Å²) in [6, 6.07) is 8.06. The molecule has 1 amide bonds. The molecule has 0 saturated carbocycles. The molecule has 1 N–H and O–H groups in total. The molecule has 1 aromatic carbocycles. The van der Waals surface area contributed by atoms with Crippen molar-refractivity contribution in [3.05, 3.63) is 35.4 Å². The first-order valence-electron chi connectivity index (χ1n) is 7.02. The van der Waals surface area contributed by atoms with Crippen molar-refractivity contribution in [2.45, 2.75) is 12.3 Å². The fourth-order valence-electron chi connectivity index (χ4n) is 2.77. The summed E-state index contributed by atoms with van der Waals surface area (Å²) in [5.41, 5.74) is 2.05. The molecule has 1 aromatic rings. The quantitative estimate of drug-likeness (QED) is 0.902. The second-order valence-electron chi connectivity index (χ2n) is 5.23. The van der Waals surface area contributed by atoms with Crippen molar-refractivity contribution >= 4 is 18.3 Å². The van der Waals surface area contributed by atoms with E-state index in [0.717, 1.165) is 51.4 Å². The molecule has 4 nitrogen and oxygen atoms in total. The Morgan fingerprint density at radius 1 is 1.30 bits per heavy atom. The highest BCUT2D eigenvalue weighted by molar-refractivity contribution is 5.94. The molecule has 0 bridgehead atoms. The van der Waals surface area contributed by atoms with Crippen LogP contribution in [0.2, 0.25) is 0 Å². The number of rotatable bonds is 2. The predicted octanol–water partition coefficient (Wildman–Crippen LogP) is 1.66. The number of hydrogen-bond donors (Lipinski definition) is 1. The van der Waals surface area contributed by atoms with Crippen molar-refractivity contribution < 1.29 is 9.53 Å². The number of hydrogen-bond acceptors (Lipinski definition) is 3. The Morgan fingerprint density at radius 3 is 2.80 bits per heavy atom. The third-order valence-electron chi connectivity index (χ3n) is 3.94. The van der Waals surface area contributed by atoms with Crippen LogP contribution in [0, 0.1) is 0 Å². The van der Waals surface area contributed by atoms with E-state index in [9.17, 15) is 4.79 Å². The number of carbonyl (C=O) groups is 1. The van der Waals surface area contributed by atoms with Crippen LogP contribution in [0.5, 0.6) is 0 Å². The molecule has 0 aliphatic carbocycles. The van der Waals surface area contributed by atoms with Gasteiger partial charge in [-0.3, -0.25) is 4.79 Å². The molecule has 0 radical (unpaired) electrons. The summed E-state index contributed by atoms with van der Waals surface area (Å²) in [5, 5.41) is 3.27. The van der Waals surface area contributed by atoms with E-state index in [1.54, 1.807) is 0 Å². The van der Waals surface area contributed by atoms with Crippen LogP contribution in [0.4, 0.5) is 0 Å². The van der Waals surface area contributed by atoms with Gasteiger partial charge in [0.25, 0.3) is 5.91 Å². The minimum atomic E-state index is 0. The van der Waals surface area contributed by atoms with E-state index < -0.39 is 0 Å². The van der Waals surface area contributed by atoms with E-state index in [2.05, 4.69) is 11.4 Å². The molecule has 2 saturated heterocycles. The molecule has 1 unspecified atom stereocenters. The Bertz CT molecular complexity index is 455. The lowest BCUT2D eigenvalue weighted by Crippen LogP contribution is -2.46. The van der Waals surface area contributed by atoms with E-state index >= 15 is 0 Å². The number of carbonyl (C=O) groups excluding carboxylic acids is 1. The maximum atomic E-state index is 12.4. The van der Waals surface area contributed by atoms with Gasteiger partial charge in [-0.25, -0.2) is 0 Å². The van der Waals surface area contributed by atoms with Gasteiger partial charge in [0.2, 0.25) is 0 Å². The molecule has 0 spiro atoms. The van der Waals surface area contributed by atoms with Crippen LogP contribution in [0.25, 0.3) is 0 Å². The second-order valence-corrected chi connectivity index (χ2v) is 5.23. The largest absolute Gasteiger partial charge is 0.381 e. The van der Waals surface area contributed by atoms with Crippen LogP contribution in [0.1, 0.15) is 28.3 Å². The van der Waals surface area contributed by atoms with Gasteiger partial charge in [0.15, 0.2) is 0 Å². The summed E-state index contributed by atoms with van der Waals surface area (Å²) in [5.74, 6) is 0.609. The monoisotopic (exact) mass is 296 g/mol. The number of piperazine rings is 1. The Morgan fingerprint density at radius 2 is 2.10 bits per heavy atom. The third kappa shape index (κ3) is 3.32. The predicted molar refractivity (Wildman–Crippen MR) is 80.6 cm³/mol. The highest BCUT2D eigenvalue weighted by Gasteiger charge is 2.21. The number of benzene rings is 1. The molecule has 2 fully saturated rings. The van der Waals surface area contributed by atoms with Crippen LogP contribution in [-0.4, -0.2) is 50.2 Å². The lowest BCUT2D eigenvalue weighted by atomic mass is 9.96. The Balaban J connectivity index is 0.00000147. The highest BCUT2D eigenvalue weighted by atomic mass is 35.5. The van der Waals surface area contributed by atoms with Gasteiger partial charge in [0.05, 0.1) is 6.61 Å². The molecule has 1 atom stereocenters. The Labute approximate surface area is 125 Å². The van der Waals surface area contributed by atoms with Crippen molar-refractivity contribution in [2.24, 2.45) is 0 Å². The topological polar surface area (TPSA) is 41.6 Å². The molecule has 2 aliphatic heterocycles. The van der Waals surface area contributed by atoms with E-state index in [1.807, 2.05) is 23.1 Å². The summed E-state index contributed by atoms with van der Waals surface area (Å²) in [7, 11) is 0. The summed E-state index contributed by atoms with van der Waals surface area (Å²) < 4.78 is 5.42. The number of halogens is 1. The van der Waals surface area contributed by atoms with Crippen LogP contribution >= 0.6 is 12.4 Å². The lowest BCUT2D eigenvalue weighted by molar-refractivity contribution is 0.0735.